The van der Waals surface area contributed by atoms with Crippen molar-refractivity contribution in [3.8, 4) is 0 Å². The summed E-state index contributed by atoms with van der Waals surface area (Å²) in [6, 6.07) is 13.1. The highest BCUT2D eigenvalue weighted by Crippen LogP contribution is 2.48. The van der Waals surface area contributed by atoms with Crippen LogP contribution in [-0.4, -0.2) is 99.3 Å². The van der Waals surface area contributed by atoms with Crippen LogP contribution in [-0.2, 0) is 19.6 Å². The molecule has 1 aliphatic rings. The summed E-state index contributed by atoms with van der Waals surface area (Å²) < 4.78 is 62.8. The van der Waals surface area contributed by atoms with Gasteiger partial charge in [-0.15, -0.1) is 0 Å². The fourth-order valence-electron chi connectivity index (χ4n) is 7.16. The quantitative estimate of drug-likeness (QED) is 0.204. The lowest BCUT2D eigenvalue weighted by atomic mass is 9.72. The third kappa shape index (κ3) is 10.7. The molecule has 2 N–H and O–H groups in total. The van der Waals surface area contributed by atoms with E-state index in [1.807, 2.05) is 55.4 Å². The van der Waals surface area contributed by atoms with Crippen LogP contribution in [0, 0.1) is 0 Å². The van der Waals surface area contributed by atoms with Crippen LogP contribution >= 0.6 is 0 Å². The maximum absolute atomic E-state index is 14.4. The highest BCUT2D eigenvalue weighted by molar-refractivity contribution is 7.89. The number of carbonyl (C=O) groups excluding carboxylic acids is 2. The van der Waals surface area contributed by atoms with Gasteiger partial charge in [-0.3, -0.25) is 4.79 Å². The van der Waals surface area contributed by atoms with Crippen molar-refractivity contribution in [1.82, 2.24) is 4.31 Å². The van der Waals surface area contributed by atoms with Gasteiger partial charge in [0.1, 0.15) is 5.97 Å². The molecule has 10 nitrogen and oxygen atoms in total. The monoisotopic (exact) mass is 756 g/mol. The van der Waals surface area contributed by atoms with E-state index >= 15 is 0 Å². The first-order chi connectivity index (χ1) is 24.3. The van der Waals surface area contributed by atoms with E-state index in [2.05, 4.69) is 39.9 Å². The molecule has 52 heavy (non-hydrogen) atoms. The molecule has 3 rings (SSSR count). The van der Waals surface area contributed by atoms with E-state index in [-0.39, 0.29) is 10.8 Å². The summed E-state index contributed by atoms with van der Waals surface area (Å²) in [5.41, 5.74) is 1.92. The van der Waals surface area contributed by atoms with Crippen molar-refractivity contribution in [2.75, 3.05) is 57.5 Å². The fraction of sp³-hybridized carbons (Fsp3) is 0.632. The first kappa shape index (κ1) is 45.0. The molecule has 294 valence electrons. The molecule has 0 spiro atoms. The van der Waals surface area contributed by atoms with E-state index in [1.54, 1.807) is 13.1 Å². The Morgan fingerprint density at radius 2 is 1.52 bits per heavy atom. The molecule has 0 fully saturated rings. The van der Waals surface area contributed by atoms with Crippen molar-refractivity contribution >= 4 is 33.3 Å². The average molecular weight is 757 g/mol. The van der Waals surface area contributed by atoms with E-state index < -0.39 is 39.7 Å². The lowest BCUT2D eigenvalue weighted by Gasteiger charge is -2.45. The van der Waals surface area contributed by atoms with Gasteiger partial charge in [0, 0.05) is 51.3 Å². The number of carboxylic acid groups (broad SMARTS) is 1. The molecule has 2 aromatic carbocycles. The number of aliphatic hydroxyl groups excluding tert-OH is 1. The van der Waals surface area contributed by atoms with Gasteiger partial charge in [0.25, 0.3) is 0 Å². The third-order valence-electron chi connectivity index (χ3n) is 10.7. The molecule has 2 atom stereocenters. The molecular formula is C38H59F3N4O6S. The number of aliphatic hydroxyl groups is 1. The Morgan fingerprint density at radius 1 is 0.962 bits per heavy atom. The molecule has 0 aliphatic carbocycles. The second kappa shape index (κ2) is 19.2. The smallest absolute Gasteiger partial charge is 0.430 e. The number of benzene rings is 2. The molecule has 0 saturated heterocycles. The minimum Gasteiger partial charge on any atom is -0.542 e. The predicted octanol–water partition coefficient (Wildman–Crippen LogP) is 5.89. The Labute approximate surface area is 308 Å². The Kier molecular flexibility index (Phi) is 16.6. The molecule has 14 heteroatoms. The van der Waals surface area contributed by atoms with Gasteiger partial charge in [0.15, 0.2) is 0 Å². The number of anilines is 2. The summed E-state index contributed by atoms with van der Waals surface area (Å²) in [6.45, 7) is 15.0. The third-order valence-corrected chi connectivity index (χ3v) is 12.7. The Balaban J connectivity index is 0.00000121. The number of hydrogen-bond donors (Lipinski definition) is 2. The number of unbranched alkanes of at least 4 members (excludes halogenated alkanes) is 2. The van der Waals surface area contributed by atoms with Gasteiger partial charge in [-0.1, -0.05) is 51.7 Å². The number of fused-ring (bicyclic) bond motifs is 1. The van der Waals surface area contributed by atoms with Crippen LogP contribution in [0.2, 0.25) is 0 Å². The molecule has 2 aromatic rings. The fourth-order valence-corrected chi connectivity index (χ4v) is 8.95. The average Bonchev–Trinajstić information content (AvgIpc) is 3.14. The zero-order valence-corrected chi connectivity index (χ0v) is 32.9. The maximum atomic E-state index is 14.4. The van der Waals surface area contributed by atoms with Crippen LogP contribution in [0.1, 0.15) is 103 Å². The van der Waals surface area contributed by atoms with Gasteiger partial charge in [0.2, 0.25) is 15.9 Å². The lowest BCUT2D eigenvalue weighted by molar-refractivity contribution is -0.923. The highest BCUT2D eigenvalue weighted by Gasteiger charge is 2.53. The van der Waals surface area contributed by atoms with Gasteiger partial charge >= 0.3 is 6.18 Å². The van der Waals surface area contributed by atoms with Gasteiger partial charge in [0.05, 0.1) is 42.7 Å². The van der Waals surface area contributed by atoms with Gasteiger partial charge < -0.3 is 29.7 Å². The number of nitrogens with one attached hydrogen (secondary N) is 1. The molecule has 1 aliphatic heterocycles. The van der Waals surface area contributed by atoms with Crippen LogP contribution in [0.4, 0.5) is 24.5 Å². The molecular weight excluding hydrogens is 698 g/mol. The molecule has 0 radical (unpaired) electrons. The van der Waals surface area contributed by atoms with E-state index in [4.69, 9.17) is 9.90 Å². The highest BCUT2D eigenvalue weighted by atomic mass is 32.2. The van der Waals surface area contributed by atoms with Gasteiger partial charge in [-0.2, -0.15) is 17.5 Å². The van der Waals surface area contributed by atoms with Crippen molar-refractivity contribution in [1.29, 1.82) is 0 Å². The number of rotatable bonds is 16. The summed E-state index contributed by atoms with van der Waals surface area (Å²) in [5, 5.41) is 24.5. The van der Waals surface area contributed by atoms with Gasteiger partial charge in [-0.25, -0.2) is 8.42 Å². The zero-order valence-electron chi connectivity index (χ0n) is 32.1. The van der Waals surface area contributed by atoms with Crippen LogP contribution in [0.5, 0.6) is 0 Å². The lowest BCUT2D eigenvalue weighted by Crippen LogP contribution is -2.57. The van der Waals surface area contributed by atoms with Crippen molar-refractivity contribution in [3.05, 3.63) is 53.6 Å². The van der Waals surface area contributed by atoms with E-state index in [9.17, 15) is 31.5 Å². The van der Waals surface area contributed by atoms with Crippen molar-refractivity contribution < 1.29 is 45.9 Å². The van der Waals surface area contributed by atoms with E-state index in [1.165, 1.54) is 4.31 Å². The Bertz CT molecular complexity index is 1560. The van der Waals surface area contributed by atoms with E-state index in [0.717, 1.165) is 74.0 Å². The molecule has 1 heterocycles. The normalized spacial score (nSPS) is 18.4. The number of sulfonamides is 1. The zero-order chi connectivity index (χ0) is 39.5. The SMILES string of the molecule is CCCCC1(CCCC)C(O)C(c2cccc(NC(=O)CCC[N+](CC)(CC)CC)c2)c2cc(N(C)C)ccc2S(=O)(=O)N1C.O=C([O-])C(F)(F)F. The van der Waals surface area contributed by atoms with Crippen LogP contribution < -0.4 is 15.3 Å². The number of hydrogen-bond acceptors (Lipinski definition) is 7. The summed E-state index contributed by atoms with van der Waals surface area (Å²) in [4.78, 5) is 24.1. The summed E-state index contributed by atoms with van der Waals surface area (Å²) in [5.74, 6) is -3.65. The predicted molar refractivity (Wildman–Crippen MR) is 197 cm³/mol. The number of carboxylic acids is 1. The summed E-state index contributed by atoms with van der Waals surface area (Å²) in [6.07, 6.45) is -0.419. The molecule has 0 bridgehead atoms. The first-order valence-electron chi connectivity index (χ1n) is 18.3. The second-order valence-corrected chi connectivity index (χ2v) is 15.8. The number of likely N-dealkylation sites (N-methyl/N-ethyl adjacent to an activating group) is 1. The number of quaternary nitrogens is 1. The van der Waals surface area contributed by atoms with E-state index in [0.29, 0.717) is 30.5 Å². The summed E-state index contributed by atoms with van der Waals surface area (Å²) in [7, 11) is 1.59. The number of amides is 1. The molecule has 0 aromatic heterocycles. The topological polar surface area (TPSA) is 130 Å². The largest absolute Gasteiger partial charge is 0.542 e. The molecule has 0 saturated carbocycles. The number of aliphatic carboxylic acids is 1. The standard InChI is InChI=1S/C36H58N4O4S.C2HF3O2/c1-9-14-23-36(24-15-10-2)35(42)34(31-27-30(38(6)7)21-22-32(31)45(43,44)39(36)8)28-18-16-19-29(26-28)37-33(41)20-17-25-40(11-3,12-4)13-5;3-2(4,5)1(6)7/h16,18-19,21-22,26-27,34-35,42H,9-15,17,20,23-25H2,1-8H3;(H,6,7). The number of carbonyl (C=O) groups is 2. The Hall–Kier alpha value is -3.20. The van der Waals surface area contributed by atoms with Crippen LogP contribution in [0.3, 0.4) is 0 Å². The van der Waals surface area contributed by atoms with Crippen molar-refractivity contribution in [2.24, 2.45) is 0 Å². The minimum absolute atomic E-state index is 0.0344. The number of alkyl halides is 3. The first-order valence-corrected chi connectivity index (χ1v) is 19.8. The van der Waals surface area contributed by atoms with Crippen molar-refractivity contribution in [2.45, 2.75) is 115 Å². The van der Waals surface area contributed by atoms with Crippen LogP contribution in [0.15, 0.2) is 47.4 Å². The molecule has 1 amide bonds. The minimum atomic E-state index is -5.19. The second-order valence-electron chi connectivity index (χ2n) is 13.9. The summed E-state index contributed by atoms with van der Waals surface area (Å²) >= 11 is 0. The van der Waals surface area contributed by atoms with Crippen LogP contribution in [0.25, 0.3) is 0 Å². The number of nitrogens with zero attached hydrogens (tertiary/aromatic N) is 3. The number of halogens is 3. The Morgan fingerprint density at radius 3 is 2.00 bits per heavy atom. The maximum Gasteiger partial charge on any atom is 0.430 e. The molecule has 2 unspecified atom stereocenters. The van der Waals surface area contributed by atoms with Crippen molar-refractivity contribution in [3.63, 3.8) is 0 Å². The van der Waals surface area contributed by atoms with Gasteiger partial charge in [-0.05, 0) is 75.1 Å².